The van der Waals surface area contributed by atoms with E-state index in [1.807, 2.05) is 61.5 Å². The van der Waals surface area contributed by atoms with Crippen molar-refractivity contribution in [1.82, 2.24) is 5.32 Å². The summed E-state index contributed by atoms with van der Waals surface area (Å²) in [6.45, 7) is 1.98. The second-order valence-electron chi connectivity index (χ2n) is 4.11. The number of halogens is 1. The first-order valence-corrected chi connectivity index (χ1v) is 6.57. The number of hydrogen-bond acceptors (Lipinski definition) is 1. The van der Waals surface area contributed by atoms with Crippen LogP contribution in [0.4, 0.5) is 0 Å². The van der Waals surface area contributed by atoms with E-state index in [0.717, 1.165) is 10.0 Å². The van der Waals surface area contributed by atoms with Gasteiger partial charge in [-0.1, -0.05) is 46.3 Å². The van der Waals surface area contributed by atoms with Gasteiger partial charge in [-0.05, 0) is 36.8 Å². The highest BCUT2D eigenvalue weighted by Crippen LogP contribution is 2.16. The molecule has 0 aliphatic carbocycles. The molecule has 0 fully saturated rings. The van der Waals surface area contributed by atoms with Gasteiger partial charge in [0, 0.05) is 10.0 Å². The summed E-state index contributed by atoms with van der Waals surface area (Å²) in [5.74, 6) is -0.0500. The number of nitrogens with one attached hydrogen (secondary N) is 1. The highest BCUT2D eigenvalue weighted by atomic mass is 79.9. The fourth-order valence-corrected chi connectivity index (χ4v) is 1.97. The number of rotatable bonds is 3. The zero-order chi connectivity index (χ0) is 13.0. The van der Waals surface area contributed by atoms with Crippen LogP contribution in [0.1, 0.15) is 28.9 Å². The summed E-state index contributed by atoms with van der Waals surface area (Å²) in [5, 5.41) is 2.98. The van der Waals surface area contributed by atoms with Gasteiger partial charge in [0.25, 0.3) is 5.91 Å². The molecule has 92 valence electrons. The fraction of sp³-hybridized carbons (Fsp3) is 0.133. The lowest BCUT2D eigenvalue weighted by atomic mass is 10.1. The lowest BCUT2D eigenvalue weighted by Crippen LogP contribution is -2.26. The Bertz CT molecular complexity index is 522. The van der Waals surface area contributed by atoms with Crippen molar-refractivity contribution in [1.29, 1.82) is 0 Å². The minimum absolute atomic E-state index is 0.00851. The largest absolute Gasteiger partial charge is 0.346 e. The van der Waals surface area contributed by atoms with Crippen molar-refractivity contribution in [3.63, 3.8) is 0 Å². The van der Waals surface area contributed by atoms with E-state index in [9.17, 15) is 4.79 Å². The van der Waals surface area contributed by atoms with Crippen LogP contribution in [0.3, 0.4) is 0 Å². The summed E-state index contributed by atoms with van der Waals surface area (Å²) in [6, 6.07) is 17.2. The maximum atomic E-state index is 12.0. The van der Waals surface area contributed by atoms with Gasteiger partial charge >= 0.3 is 0 Å². The van der Waals surface area contributed by atoms with E-state index in [-0.39, 0.29) is 11.9 Å². The SMILES string of the molecule is C[C@H](NC(=O)c1ccccc1)c1ccc(Br)cc1. The summed E-state index contributed by atoms with van der Waals surface area (Å²) in [4.78, 5) is 12.0. The summed E-state index contributed by atoms with van der Waals surface area (Å²) in [7, 11) is 0. The van der Waals surface area contributed by atoms with Gasteiger partial charge in [-0.25, -0.2) is 0 Å². The molecular weight excluding hydrogens is 290 g/mol. The Hall–Kier alpha value is -1.61. The lowest BCUT2D eigenvalue weighted by Gasteiger charge is -2.14. The number of carbonyl (C=O) groups is 1. The molecule has 0 heterocycles. The molecule has 1 N–H and O–H groups in total. The van der Waals surface area contributed by atoms with E-state index < -0.39 is 0 Å². The van der Waals surface area contributed by atoms with Crippen molar-refractivity contribution >= 4 is 21.8 Å². The van der Waals surface area contributed by atoms with E-state index in [1.54, 1.807) is 0 Å². The van der Waals surface area contributed by atoms with Crippen LogP contribution >= 0.6 is 15.9 Å². The van der Waals surface area contributed by atoms with Crippen LogP contribution in [-0.4, -0.2) is 5.91 Å². The number of carbonyl (C=O) groups excluding carboxylic acids is 1. The zero-order valence-electron chi connectivity index (χ0n) is 10.1. The molecule has 2 aromatic rings. The van der Waals surface area contributed by atoms with Gasteiger partial charge in [-0.3, -0.25) is 4.79 Å². The Kier molecular flexibility index (Phi) is 4.15. The molecule has 0 bridgehead atoms. The second kappa shape index (κ2) is 5.83. The summed E-state index contributed by atoms with van der Waals surface area (Å²) in [5.41, 5.74) is 1.77. The van der Waals surface area contributed by atoms with Gasteiger partial charge in [0.05, 0.1) is 6.04 Å². The van der Waals surface area contributed by atoms with Crippen molar-refractivity contribution in [2.24, 2.45) is 0 Å². The molecule has 1 amide bonds. The number of hydrogen-bond donors (Lipinski definition) is 1. The maximum Gasteiger partial charge on any atom is 0.251 e. The molecule has 0 saturated heterocycles. The molecule has 3 heteroatoms. The van der Waals surface area contributed by atoms with Gasteiger partial charge in [0.1, 0.15) is 0 Å². The molecule has 0 spiro atoms. The van der Waals surface area contributed by atoms with E-state index in [4.69, 9.17) is 0 Å². The minimum Gasteiger partial charge on any atom is -0.346 e. The smallest absolute Gasteiger partial charge is 0.251 e. The Morgan fingerprint density at radius 1 is 1.06 bits per heavy atom. The first-order chi connectivity index (χ1) is 8.66. The van der Waals surface area contributed by atoms with Crippen LogP contribution in [0.2, 0.25) is 0 Å². The molecule has 18 heavy (non-hydrogen) atoms. The fourth-order valence-electron chi connectivity index (χ4n) is 1.70. The normalized spacial score (nSPS) is 11.9. The van der Waals surface area contributed by atoms with Gasteiger partial charge in [-0.2, -0.15) is 0 Å². The summed E-state index contributed by atoms with van der Waals surface area (Å²) in [6.07, 6.45) is 0. The molecule has 0 aromatic heterocycles. The Morgan fingerprint density at radius 2 is 1.67 bits per heavy atom. The molecule has 0 aliphatic heterocycles. The first kappa shape index (κ1) is 12.8. The third-order valence-corrected chi connectivity index (χ3v) is 3.28. The van der Waals surface area contributed by atoms with Crippen molar-refractivity contribution in [3.8, 4) is 0 Å². The summed E-state index contributed by atoms with van der Waals surface area (Å²) < 4.78 is 1.04. The third kappa shape index (κ3) is 3.20. The Labute approximate surface area is 115 Å². The van der Waals surface area contributed by atoms with Gasteiger partial charge < -0.3 is 5.32 Å². The minimum atomic E-state index is -0.0500. The van der Waals surface area contributed by atoms with Gasteiger partial charge in [-0.15, -0.1) is 0 Å². The van der Waals surface area contributed by atoms with Crippen LogP contribution in [0.15, 0.2) is 59.1 Å². The van der Waals surface area contributed by atoms with Crippen molar-refractivity contribution in [3.05, 3.63) is 70.2 Å². The topological polar surface area (TPSA) is 29.1 Å². The quantitative estimate of drug-likeness (QED) is 0.914. The molecule has 2 aromatic carbocycles. The van der Waals surface area contributed by atoms with E-state index >= 15 is 0 Å². The predicted octanol–water partition coefficient (Wildman–Crippen LogP) is 3.94. The molecule has 2 nitrogen and oxygen atoms in total. The highest BCUT2D eigenvalue weighted by Gasteiger charge is 2.10. The molecular formula is C15H14BrNO. The van der Waals surface area contributed by atoms with Crippen molar-refractivity contribution < 1.29 is 4.79 Å². The van der Waals surface area contributed by atoms with E-state index in [0.29, 0.717) is 5.56 Å². The predicted molar refractivity (Wildman–Crippen MR) is 76.5 cm³/mol. The highest BCUT2D eigenvalue weighted by molar-refractivity contribution is 9.10. The van der Waals surface area contributed by atoms with E-state index in [1.165, 1.54) is 0 Å². The zero-order valence-corrected chi connectivity index (χ0v) is 11.6. The first-order valence-electron chi connectivity index (χ1n) is 5.78. The lowest BCUT2D eigenvalue weighted by molar-refractivity contribution is 0.0940. The van der Waals surface area contributed by atoms with Crippen LogP contribution in [0.5, 0.6) is 0 Å². The number of amides is 1. The van der Waals surface area contributed by atoms with Gasteiger partial charge in [0.2, 0.25) is 0 Å². The Balaban J connectivity index is 2.06. The van der Waals surface area contributed by atoms with Crippen LogP contribution in [-0.2, 0) is 0 Å². The molecule has 0 unspecified atom stereocenters. The van der Waals surface area contributed by atoms with Gasteiger partial charge in [0.15, 0.2) is 0 Å². The van der Waals surface area contributed by atoms with Crippen molar-refractivity contribution in [2.75, 3.05) is 0 Å². The van der Waals surface area contributed by atoms with Crippen LogP contribution in [0, 0.1) is 0 Å². The standard InChI is InChI=1S/C15H14BrNO/c1-11(12-7-9-14(16)10-8-12)17-15(18)13-5-3-2-4-6-13/h2-11H,1H3,(H,17,18)/t11-/m0/s1. The van der Waals surface area contributed by atoms with Crippen molar-refractivity contribution in [2.45, 2.75) is 13.0 Å². The third-order valence-electron chi connectivity index (χ3n) is 2.75. The van der Waals surface area contributed by atoms with E-state index in [2.05, 4.69) is 21.2 Å². The molecule has 0 aliphatic rings. The average molecular weight is 304 g/mol. The molecule has 1 atom stereocenters. The second-order valence-corrected chi connectivity index (χ2v) is 5.03. The molecule has 2 rings (SSSR count). The molecule has 0 radical (unpaired) electrons. The number of benzene rings is 2. The van der Waals surface area contributed by atoms with Crippen LogP contribution in [0.25, 0.3) is 0 Å². The maximum absolute atomic E-state index is 12.0. The molecule has 0 saturated carbocycles. The summed E-state index contributed by atoms with van der Waals surface area (Å²) >= 11 is 3.39. The monoisotopic (exact) mass is 303 g/mol. The average Bonchev–Trinajstić information content (AvgIpc) is 2.40. The van der Waals surface area contributed by atoms with Crippen LogP contribution < -0.4 is 5.32 Å². The Morgan fingerprint density at radius 3 is 2.28 bits per heavy atom.